The first-order chi connectivity index (χ1) is 7.51. The van der Waals surface area contributed by atoms with Gasteiger partial charge in [-0.3, -0.25) is 0 Å². The number of nitrogens with two attached hydrogens (primary N) is 2. The Hall–Kier alpha value is -2.47. The van der Waals surface area contributed by atoms with Gasteiger partial charge in [-0.15, -0.1) is 0 Å². The number of allylic oxidation sites excluding steroid dienone is 3. The minimum atomic E-state index is -0.499. The summed E-state index contributed by atoms with van der Waals surface area (Å²) in [5.74, 6) is -0.499. The Morgan fingerprint density at radius 2 is 2.12 bits per heavy atom. The second-order valence-corrected chi connectivity index (χ2v) is 2.70. The molecular weight excluding hydrogens is 208 g/mol. The molecule has 6 heteroatoms. The summed E-state index contributed by atoms with van der Waals surface area (Å²) in [5, 5.41) is 8.40. The van der Waals surface area contributed by atoms with Crippen LogP contribution in [0.5, 0.6) is 0 Å². The summed E-state index contributed by atoms with van der Waals surface area (Å²) in [5.41, 5.74) is 10.7. The molecule has 0 aliphatic carbocycles. The van der Waals surface area contributed by atoms with Crippen molar-refractivity contribution in [2.45, 2.75) is 13.8 Å². The van der Waals surface area contributed by atoms with Gasteiger partial charge in [0.2, 0.25) is 0 Å². The van der Waals surface area contributed by atoms with Gasteiger partial charge in [0.05, 0.1) is 6.61 Å². The second kappa shape index (κ2) is 6.91. The quantitative estimate of drug-likeness (QED) is 0.399. The van der Waals surface area contributed by atoms with Crippen LogP contribution in [-0.4, -0.2) is 12.6 Å². The van der Waals surface area contributed by atoms with Crippen molar-refractivity contribution in [2.75, 3.05) is 6.61 Å². The van der Waals surface area contributed by atoms with Crippen molar-refractivity contribution in [1.29, 1.82) is 5.26 Å². The first-order valence-electron chi connectivity index (χ1n) is 4.48. The molecule has 0 radical (unpaired) electrons. The average molecular weight is 221 g/mol. The molecule has 0 saturated carbocycles. The van der Waals surface area contributed by atoms with Crippen molar-refractivity contribution in [3.8, 4) is 12.1 Å². The van der Waals surface area contributed by atoms with Crippen LogP contribution in [0, 0.1) is 17.4 Å². The fourth-order valence-corrected chi connectivity index (χ4v) is 0.656. The number of nitrogens with zero attached hydrogens (tertiary/aromatic N) is 2. The summed E-state index contributed by atoms with van der Waals surface area (Å²) >= 11 is 0. The molecule has 0 heterocycles. The van der Waals surface area contributed by atoms with Crippen molar-refractivity contribution in [3.05, 3.63) is 28.0 Å². The van der Waals surface area contributed by atoms with Gasteiger partial charge in [0.25, 0.3) is 0 Å². The molecule has 0 atom stereocenters. The molecule has 0 aromatic carbocycles. The molecule has 0 aromatic rings. The van der Waals surface area contributed by atoms with Crippen LogP contribution in [0.1, 0.15) is 13.8 Å². The van der Waals surface area contributed by atoms with E-state index in [1.54, 1.807) is 19.9 Å². The highest BCUT2D eigenvalue weighted by Gasteiger charge is 2.06. The Morgan fingerprint density at radius 1 is 1.50 bits per heavy atom. The molecule has 16 heavy (non-hydrogen) atoms. The van der Waals surface area contributed by atoms with Crippen LogP contribution in [0.2, 0.25) is 0 Å². The third-order valence-electron chi connectivity index (χ3n) is 1.38. The maximum atomic E-state index is 11.0. The number of ether oxygens (including phenoxy) is 1. The summed E-state index contributed by atoms with van der Waals surface area (Å²) in [4.78, 5) is 14.7. The van der Waals surface area contributed by atoms with E-state index in [2.05, 4.69) is 15.7 Å². The molecule has 0 aliphatic heterocycles. The average Bonchev–Trinajstić information content (AvgIpc) is 2.24. The van der Waals surface area contributed by atoms with E-state index in [1.807, 2.05) is 0 Å². The van der Waals surface area contributed by atoms with Crippen LogP contribution in [0.25, 0.3) is 4.85 Å². The molecule has 6 nitrogen and oxygen atoms in total. The third-order valence-corrected chi connectivity index (χ3v) is 1.38. The van der Waals surface area contributed by atoms with Crippen molar-refractivity contribution in [2.24, 2.45) is 11.5 Å². The molecule has 4 N–H and O–H groups in total. The second-order valence-electron chi connectivity index (χ2n) is 2.70. The predicted molar refractivity (Wildman–Crippen MR) is 58.7 cm³/mol. The number of carbonyl (C=O) groups excluding carboxylic acids is 1. The lowest BCUT2D eigenvalue weighted by atomic mass is 10.4. The Morgan fingerprint density at radius 3 is 2.62 bits per heavy atom. The molecule has 0 spiro atoms. The molecule has 0 rings (SSSR count). The monoisotopic (exact) mass is 221 g/mol. The molecule has 0 unspecified atom stereocenters. The van der Waals surface area contributed by atoms with E-state index < -0.39 is 5.97 Å². The number of hydrogen-bond donors (Lipinski definition) is 2. The number of carbonyl (C=O) groups is 1. The lowest BCUT2D eigenvalue weighted by Gasteiger charge is -1.91. The highest BCUT2D eigenvalue weighted by molar-refractivity contribution is 5.83. The molecule has 0 saturated heterocycles. The minimum Gasteiger partial charge on any atom is -0.463 e. The summed E-state index contributed by atoms with van der Waals surface area (Å²) < 4.78 is 4.66. The standard InChI is InChI=1S/C10H12N4O2/c1-3-16-10(15)4-7(2)14-6-9(13)8(12)5-11/h4,12H,3,13H2,1-2H3/p+1. The van der Waals surface area contributed by atoms with Crippen molar-refractivity contribution < 1.29 is 9.53 Å². The Bertz CT molecular complexity index is 432. The maximum absolute atomic E-state index is 11.0. The first kappa shape index (κ1) is 13.5. The topological polar surface area (TPSA) is 106 Å². The third kappa shape index (κ3) is 5.30. The van der Waals surface area contributed by atoms with Gasteiger partial charge in [-0.25, -0.2) is 4.79 Å². The van der Waals surface area contributed by atoms with Crippen LogP contribution in [0.3, 0.4) is 0 Å². The van der Waals surface area contributed by atoms with E-state index in [1.165, 1.54) is 6.08 Å². The largest absolute Gasteiger partial charge is 0.463 e. The van der Waals surface area contributed by atoms with Crippen molar-refractivity contribution in [1.82, 2.24) is 0 Å². The minimum absolute atomic E-state index is 0.0703. The summed E-state index contributed by atoms with van der Waals surface area (Å²) in [7, 11) is 0. The molecule has 0 fully saturated rings. The smallest absolute Gasteiger partial charge is 0.340 e. The number of nitriles is 1. The van der Waals surface area contributed by atoms with E-state index in [4.69, 9.17) is 16.7 Å². The zero-order valence-corrected chi connectivity index (χ0v) is 9.15. The molecular formula is C10H13N4O2+. The maximum Gasteiger partial charge on any atom is 0.340 e. The van der Waals surface area contributed by atoms with Gasteiger partial charge in [0.15, 0.2) is 5.70 Å². The Kier molecular flexibility index (Phi) is 5.84. The van der Waals surface area contributed by atoms with E-state index in [0.29, 0.717) is 12.3 Å². The summed E-state index contributed by atoms with van der Waals surface area (Å²) in [6.45, 7) is 3.56. The highest BCUT2D eigenvalue weighted by Crippen LogP contribution is 1.97. The molecule has 84 valence electrons. The zero-order valence-electron chi connectivity index (χ0n) is 9.15. The summed E-state index contributed by atoms with van der Waals surface area (Å²) in [6, 6.07) is 3.99. The van der Waals surface area contributed by atoms with Gasteiger partial charge in [-0.2, -0.15) is 5.26 Å². The van der Waals surface area contributed by atoms with Gasteiger partial charge in [0, 0.05) is 6.92 Å². The molecule has 0 aromatic heterocycles. The van der Waals surface area contributed by atoms with Gasteiger partial charge in [0.1, 0.15) is 17.8 Å². The van der Waals surface area contributed by atoms with Crippen molar-refractivity contribution in [3.63, 3.8) is 0 Å². The lowest BCUT2D eigenvalue weighted by molar-refractivity contribution is -0.137. The Labute approximate surface area is 93.6 Å². The van der Waals surface area contributed by atoms with E-state index >= 15 is 0 Å². The predicted octanol–water partition coefficient (Wildman–Crippen LogP) is 0.439. The van der Waals surface area contributed by atoms with E-state index in [0.717, 1.165) is 0 Å². The van der Waals surface area contributed by atoms with Crippen molar-refractivity contribution >= 4 is 5.97 Å². The van der Waals surface area contributed by atoms with Gasteiger partial charge in [-0.05, 0) is 11.8 Å². The van der Waals surface area contributed by atoms with E-state index in [-0.39, 0.29) is 11.4 Å². The van der Waals surface area contributed by atoms with Gasteiger partial charge < -0.3 is 16.2 Å². The number of hydrogen-bond acceptors (Lipinski definition) is 5. The first-order valence-corrected chi connectivity index (χ1v) is 4.48. The lowest BCUT2D eigenvalue weighted by Crippen LogP contribution is -2.05. The van der Waals surface area contributed by atoms with Crippen LogP contribution in [0.4, 0.5) is 0 Å². The summed E-state index contributed by atoms with van der Waals surface area (Å²) in [6.07, 6.45) is 1.19. The highest BCUT2D eigenvalue weighted by atomic mass is 16.5. The fourth-order valence-electron chi connectivity index (χ4n) is 0.656. The number of rotatable bonds is 2. The molecule has 0 amide bonds. The molecule has 0 aliphatic rings. The van der Waals surface area contributed by atoms with Gasteiger partial charge in [-0.1, -0.05) is 0 Å². The number of esters is 1. The van der Waals surface area contributed by atoms with Crippen LogP contribution >= 0.6 is 0 Å². The fraction of sp³-hybridized carbons (Fsp3) is 0.300. The normalized spacial score (nSPS) is 11.7. The zero-order chi connectivity index (χ0) is 12.6. The van der Waals surface area contributed by atoms with Crippen LogP contribution in [0.15, 0.2) is 23.2 Å². The van der Waals surface area contributed by atoms with Crippen LogP contribution < -0.4 is 11.5 Å². The van der Waals surface area contributed by atoms with Gasteiger partial charge >= 0.3 is 17.7 Å². The van der Waals surface area contributed by atoms with E-state index in [9.17, 15) is 4.79 Å². The molecule has 0 bridgehead atoms. The Balaban J connectivity index is 4.71. The van der Waals surface area contributed by atoms with Crippen LogP contribution in [-0.2, 0) is 9.53 Å². The SMILES string of the molecule is CCOC(=O)C=C(C)[N+]#C/C(N)=C(/N)C#N.